The van der Waals surface area contributed by atoms with Gasteiger partial charge >= 0.3 is 0 Å². The first-order chi connectivity index (χ1) is 9.18. The van der Waals surface area contributed by atoms with Gasteiger partial charge in [0.05, 0.1) is 0 Å². The molecule has 0 fully saturated rings. The molecule has 1 aromatic rings. The average Bonchev–Trinajstić information content (AvgIpc) is 2.42. The van der Waals surface area contributed by atoms with E-state index < -0.39 is 0 Å². The number of hydrogen-bond donors (Lipinski definition) is 3. The fourth-order valence-electron chi connectivity index (χ4n) is 2.25. The summed E-state index contributed by atoms with van der Waals surface area (Å²) in [5.74, 6) is -0.151. The highest BCUT2D eigenvalue weighted by atomic mass is 16.2. The van der Waals surface area contributed by atoms with E-state index in [4.69, 9.17) is 0 Å². The number of amides is 2. The Morgan fingerprint density at radius 1 is 1.26 bits per heavy atom. The Bertz CT molecular complexity index is 486. The molecule has 5 heteroatoms. The van der Waals surface area contributed by atoms with Gasteiger partial charge in [-0.15, -0.1) is 0 Å². The Morgan fingerprint density at radius 2 is 2.05 bits per heavy atom. The summed E-state index contributed by atoms with van der Waals surface area (Å²) in [6.45, 7) is 4.09. The second-order valence-corrected chi connectivity index (χ2v) is 4.61. The molecule has 0 aromatic heterocycles. The molecule has 19 heavy (non-hydrogen) atoms. The maximum absolute atomic E-state index is 12.1. The van der Waals surface area contributed by atoms with Crippen molar-refractivity contribution in [2.45, 2.75) is 19.9 Å². The summed E-state index contributed by atoms with van der Waals surface area (Å²) >= 11 is 0. The lowest BCUT2D eigenvalue weighted by Crippen LogP contribution is -2.35. The van der Waals surface area contributed by atoms with Crippen molar-refractivity contribution in [3.63, 3.8) is 0 Å². The van der Waals surface area contributed by atoms with Gasteiger partial charge in [-0.25, -0.2) is 0 Å². The molecule has 0 aliphatic carbocycles. The smallest absolute Gasteiger partial charge is 0.251 e. The minimum Gasteiger partial charge on any atom is -0.355 e. The maximum atomic E-state index is 12.1. The monoisotopic (exact) mass is 261 g/mol. The standard InChI is InChI=1S/C14H19N3O2/c1-10(18)16-7-8-17-14(19)13-4-2-3-11-9-15-6-5-12(11)13/h2-4,15H,5-9H2,1H3,(H,16,18)(H,17,19). The van der Waals surface area contributed by atoms with Gasteiger partial charge in [-0.3, -0.25) is 9.59 Å². The zero-order chi connectivity index (χ0) is 13.7. The van der Waals surface area contributed by atoms with Crippen molar-refractivity contribution >= 4 is 11.8 Å². The predicted molar refractivity (Wildman–Crippen MR) is 72.9 cm³/mol. The number of nitrogens with one attached hydrogen (secondary N) is 3. The van der Waals surface area contributed by atoms with Crippen LogP contribution < -0.4 is 16.0 Å². The summed E-state index contributed by atoms with van der Waals surface area (Å²) < 4.78 is 0. The fraction of sp³-hybridized carbons (Fsp3) is 0.429. The molecule has 0 saturated heterocycles. The van der Waals surface area contributed by atoms with E-state index in [-0.39, 0.29) is 11.8 Å². The molecule has 0 unspecified atom stereocenters. The van der Waals surface area contributed by atoms with Crippen LogP contribution in [-0.4, -0.2) is 31.4 Å². The number of carbonyl (C=O) groups excluding carboxylic acids is 2. The van der Waals surface area contributed by atoms with Gasteiger partial charge in [-0.05, 0) is 30.2 Å². The van der Waals surface area contributed by atoms with E-state index in [2.05, 4.69) is 22.0 Å². The first kappa shape index (κ1) is 13.5. The number of hydrogen-bond acceptors (Lipinski definition) is 3. The van der Waals surface area contributed by atoms with Gasteiger partial charge in [0.1, 0.15) is 0 Å². The predicted octanol–water partition coefficient (Wildman–Crippen LogP) is 0.198. The average molecular weight is 261 g/mol. The molecule has 0 radical (unpaired) electrons. The first-order valence-corrected chi connectivity index (χ1v) is 6.52. The van der Waals surface area contributed by atoms with E-state index in [1.807, 2.05) is 12.1 Å². The summed E-state index contributed by atoms with van der Waals surface area (Å²) in [5.41, 5.74) is 3.08. The third-order valence-electron chi connectivity index (χ3n) is 3.17. The number of carbonyl (C=O) groups is 2. The molecule has 5 nitrogen and oxygen atoms in total. The number of fused-ring (bicyclic) bond motifs is 1. The zero-order valence-electron chi connectivity index (χ0n) is 11.1. The third-order valence-corrected chi connectivity index (χ3v) is 3.17. The van der Waals surface area contributed by atoms with E-state index in [1.165, 1.54) is 12.5 Å². The lowest BCUT2D eigenvalue weighted by Gasteiger charge is -2.19. The van der Waals surface area contributed by atoms with E-state index in [0.29, 0.717) is 13.1 Å². The van der Waals surface area contributed by atoms with Crippen LogP contribution in [0.4, 0.5) is 0 Å². The van der Waals surface area contributed by atoms with Crippen molar-refractivity contribution in [2.75, 3.05) is 19.6 Å². The molecule has 1 aliphatic rings. The third kappa shape index (κ3) is 3.54. The molecular formula is C14H19N3O2. The molecular weight excluding hydrogens is 242 g/mol. The van der Waals surface area contributed by atoms with Gasteiger partial charge in [0.25, 0.3) is 5.91 Å². The Balaban J connectivity index is 1.97. The van der Waals surface area contributed by atoms with E-state index in [0.717, 1.165) is 30.6 Å². The Labute approximate surface area is 112 Å². The summed E-state index contributed by atoms with van der Waals surface area (Å²) in [7, 11) is 0. The van der Waals surface area contributed by atoms with Gasteiger partial charge in [0.15, 0.2) is 0 Å². The quantitative estimate of drug-likeness (QED) is 0.678. The molecule has 0 saturated carbocycles. The molecule has 1 aromatic carbocycles. The molecule has 1 heterocycles. The van der Waals surface area contributed by atoms with Crippen molar-refractivity contribution in [2.24, 2.45) is 0 Å². The second kappa shape index (κ2) is 6.33. The van der Waals surface area contributed by atoms with E-state index >= 15 is 0 Å². The molecule has 2 rings (SSSR count). The van der Waals surface area contributed by atoms with Crippen LogP contribution in [0.2, 0.25) is 0 Å². The van der Waals surface area contributed by atoms with Crippen LogP contribution in [0.3, 0.4) is 0 Å². The van der Waals surface area contributed by atoms with Crippen LogP contribution in [0.5, 0.6) is 0 Å². The molecule has 0 bridgehead atoms. The second-order valence-electron chi connectivity index (χ2n) is 4.61. The largest absolute Gasteiger partial charge is 0.355 e. The Morgan fingerprint density at radius 3 is 2.84 bits per heavy atom. The molecule has 0 atom stereocenters. The van der Waals surface area contributed by atoms with Crippen LogP contribution >= 0.6 is 0 Å². The minimum atomic E-state index is -0.0857. The van der Waals surface area contributed by atoms with E-state index in [9.17, 15) is 9.59 Å². The minimum absolute atomic E-state index is 0.0656. The highest BCUT2D eigenvalue weighted by Crippen LogP contribution is 2.18. The first-order valence-electron chi connectivity index (χ1n) is 6.52. The maximum Gasteiger partial charge on any atom is 0.251 e. The summed E-state index contributed by atoms with van der Waals surface area (Å²) in [5, 5.41) is 8.77. The molecule has 2 amide bonds. The lowest BCUT2D eigenvalue weighted by molar-refractivity contribution is -0.118. The van der Waals surface area contributed by atoms with Crippen LogP contribution in [0, 0.1) is 0 Å². The fourth-order valence-corrected chi connectivity index (χ4v) is 2.25. The summed E-state index contributed by atoms with van der Waals surface area (Å²) in [6, 6.07) is 5.82. The SMILES string of the molecule is CC(=O)NCCNC(=O)c1cccc2c1CCNC2. The number of rotatable bonds is 4. The van der Waals surface area contributed by atoms with Crippen LogP contribution in [0.25, 0.3) is 0 Å². The Hall–Kier alpha value is -1.88. The zero-order valence-corrected chi connectivity index (χ0v) is 11.1. The number of benzene rings is 1. The highest BCUT2D eigenvalue weighted by Gasteiger charge is 2.16. The van der Waals surface area contributed by atoms with Crippen molar-refractivity contribution in [1.82, 2.24) is 16.0 Å². The summed E-state index contributed by atoms with van der Waals surface area (Å²) in [4.78, 5) is 22.8. The van der Waals surface area contributed by atoms with Crippen LogP contribution in [0.1, 0.15) is 28.4 Å². The van der Waals surface area contributed by atoms with Gasteiger partial charge in [-0.2, -0.15) is 0 Å². The molecule has 102 valence electrons. The van der Waals surface area contributed by atoms with Crippen molar-refractivity contribution < 1.29 is 9.59 Å². The molecule has 0 spiro atoms. The topological polar surface area (TPSA) is 70.2 Å². The molecule has 3 N–H and O–H groups in total. The van der Waals surface area contributed by atoms with Crippen molar-refractivity contribution in [1.29, 1.82) is 0 Å². The van der Waals surface area contributed by atoms with Crippen molar-refractivity contribution in [3.05, 3.63) is 34.9 Å². The van der Waals surface area contributed by atoms with Gasteiger partial charge in [0, 0.05) is 32.1 Å². The van der Waals surface area contributed by atoms with Crippen LogP contribution in [-0.2, 0) is 17.8 Å². The van der Waals surface area contributed by atoms with Gasteiger partial charge in [0.2, 0.25) is 5.91 Å². The van der Waals surface area contributed by atoms with Gasteiger partial charge < -0.3 is 16.0 Å². The lowest BCUT2D eigenvalue weighted by atomic mass is 9.95. The Kier molecular flexibility index (Phi) is 4.52. The highest BCUT2D eigenvalue weighted by molar-refractivity contribution is 5.96. The normalized spacial score (nSPS) is 13.5. The molecule has 1 aliphatic heterocycles. The van der Waals surface area contributed by atoms with Crippen molar-refractivity contribution in [3.8, 4) is 0 Å². The van der Waals surface area contributed by atoms with Crippen LogP contribution in [0.15, 0.2) is 18.2 Å². The summed E-state index contributed by atoms with van der Waals surface area (Å²) in [6.07, 6.45) is 0.880. The van der Waals surface area contributed by atoms with E-state index in [1.54, 1.807) is 0 Å². The van der Waals surface area contributed by atoms with Gasteiger partial charge in [-0.1, -0.05) is 12.1 Å².